The Labute approximate surface area is 195 Å². The minimum Gasteiger partial charge on any atom is -0.487 e. The van der Waals surface area contributed by atoms with Crippen molar-refractivity contribution in [3.63, 3.8) is 0 Å². The van der Waals surface area contributed by atoms with Crippen molar-refractivity contribution in [1.29, 1.82) is 0 Å². The van der Waals surface area contributed by atoms with Gasteiger partial charge in [0.2, 0.25) is 5.75 Å². The molecule has 1 aliphatic rings. The highest BCUT2D eigenvalue weighted by molar-refractivity contribution is 6.05. The Kier molecular flexibility index (Phi) is 7.68. The number of nitrogens with zero attached hydrogens (tertiary/aromatic N) is 1. The first-order valence-electron chi connectivity index (χ1n) is 11.7. The molecule has 0 aliphatic carbocycles. The molecule has 33 heavy (non-hydrogen) atoms. The van der Waals surface area contributed by atoms with Crippen LogP contribution >= 0.6 is 0 Å². The first-order chi connectivity index (χ1) is 16.0. The molecule has 6 heteroatoms. The molecule has 3 aromatic rings. The number of hydrogen-bond donors (Lipinski definition) is 0. The average molecular weight is 452 g/mol. The van der Waals surface area contributed by atoms with Gasteiger partial charge < -0.3 is 18.6 Å². The van der Waals surface area contributed by atoms with Crippen LogP contribution in [0, 0.1) is 6.92 Å². The van der Waals surface area contributed by atoms with Gasteiger partial charge in [0, 0.05) is 25.0 Å². The zero-order valence-electron chi connectivity index (χ0n) is 19.8. The van der Waals surface area contributed by atoms with Crippen molar-refractivity contribution in [1.82, 2.24) is 4.90 Å². The lowest BCUT2D eigenvalue weighted by molar-refractivity contribution is 0.0319. The second-order valence-electron chi connectivity index (χ2n) is 8.63. The van der Waals surface area contributed by atoms with Gasteiger partial charge in [0.25, 0.3) is 0 Å². The van der Waals surface area contributed by atoms with Crippen LogP contribution in [0.1, 0.15) is 41.8 Å². The first kappa shape index (κ1) is 23.3. The molecular weight excluding hydrogens is 418 g/mol. The van der Waals surface area contributed by atoms with Gasteiger partial charge in [0.05, 0.1) is 31.1 Å². The van der Waals surface area contributed by atoms with Crippen molar-refractivity contribution < 1.29 is 23.4 Å². The summed E-state index contributed by atoms with van der Waals surface area (Å²) in [6.45, 7) is 10.0. The van der Waals surface area contributed by atoms with E-state index in [9.17, 15) is 4.79 Å². The molecule has 0 bridgehead atoms. The molecule has 0 saturated carbocycles. The van der Waals surface area contributed by atoms with E-state index in [1.807, 2.05) is 38.1 Å². The monoisotopic (exact) mass is 451 g/mol. The Balaban J connectivity index is 1.58. The van der Waals surface area contributed by atoms with E-state index in [1.165, 1.54) is 5.56 Å². The van der Waals surface area contributed by atoms with Gasteiger partial charge in [-0.05, 0) is 50.8 Å². The standard InChI is InChI=1S/C27H33NO5/c1-19(9-10-22-7-5-4-6-8-22)33-27-25-23(11-15-31-25)20(2)24(21(3)29)26(27)32-18-14-28-12-16-30-17-13-28/h4-8,11,15,19H,9-10,12-14,16-18H2,1-3H3. The molecule has 1 fully saturated rings. The van der Waals surface area contributed by atoms with Crippen molar-refractivity contribution in [2.75, 3.05) is 39.5 Å². The molecule has 0 spiro atoms. The number of carbonyl (C=O) groups is 1. The zero-order valence-corrected chi connectivity index (χ0v) is 19.8. The van der Waals surface area contributed by atoms with E-state index >= 15 is 0 Å². The van der Waals surface area contributed by atoms with Crippen molar-refractivity contribution >= 4 is 16.8 Å². The molecule has 4 rings (SSSR count). The maximum absolute atomic E-state index is 12.7. The number of benzene rings is 2. The van der Waals surface area contributed by atoms with Gasteiger partial charge >= 0.3 is 0 Å². The fraction of sp³-hybridized carbons (Fsp3) is 0.444. The summed E-state index contributed by atoms with van der Waals surface area (Å²) in [7, 11) is 0. The summed E-state index contributed by atoms with van der Waals surface area (Å²) in [5.41, 5.74) is 3.32. The van der Waals surface area contributed by atoms with E-state index in [2.05, 4.69) is 17.0 Å². The first-order valence-corrected chi connectivity index (χ1v) is 11.7. The molecule has 1 unspecified atom stereocenters. The number of carbonyl (C=O) groups excluding carboxylic acids is 1. The van der Waals surface area contributed by atoms with Gasteiger partial charge in [-0.3, -0.25) is 9.69 Å². The third-order valence-corrected chi connectivity index (χ3v) is 6.19. The molecule has 1 aliphatic heterocycles. The van der Waals surface area contributed by atoms with Crippen molar-refractivity contribution in [3.8, 4) is 11.5 Å². The fourth-order valence-electron chi connectivity index (χ4n) is 4.35. The van der Waals surface area contributed by atoms with Gasteiger partial charge in [0.15, 0.2) is 17.1 Å². The van der Waals surface area contributed by atoms with Crippen LogP contribution in [0.25, 0.3) is 11.0 Å². The Hall–Kier alpha value is -2.83. The molecular formula is C27H33NO5. The maximum Gasteiger partial charge on any atom is 0.205 e. The minimum absolute atomic E-state index is 0.0428. The molecule has 1 atom stereocenters. The van der Waals surface area contributed by atoms with Crippen LogP contribution < -0.4 is 9.47 Å². The van der Waals surface area contributed by atoms with Crippen LogP contribution in [0.5, 0.6) is 11.5 Å². The number of rotatable bonds is 10. The van der Waals surface area contributed by atoms with Crippen molar-refractivity contribution in [2.24, 2.45) is 0 Å². The largest absolute Gasteiger partial charge is 0.487 e. The highest BCUT2D eigenvalue weighted by atomic mass is 16.5. The highest BCUT2D eigenvalue weighted by Gasteiger charge is 2.26. The topological polar surface area (TPSA) is 61.1 Å². The molecule has 1 aromatic heterocycles. The Morgan fingerprint density at radius 2 is 1.88 bits per heavy atom. The number of ketones is 1. The van der Waals surface area contributed by atoms with Crippen molar-refractivity contribution in [2.45, 2.75) is 39.7 Å². The van der Waals surface area contributed by atoms with E-state index in [4.69, 9.17) is 18.6 Å². The lowest BCUT2D eigenvalue weighted by Gasteiger charge is -2.27. The van der Waals surface area contributed by atoms with Crippen LogP contribution in [-0.2, 0) is 11.2 Å². The van der Waals surface area contributed by atoms with Gasteiger partial charge in [-0.25, -0.2) is 0 Å². The normalized spacial score (nSPS) is 15.5. The smallest absolute Gasteiger partial charge is 0.205 e. The molecule has 6 nitrogen and oxygen atoms in total. The predicted molar refractivity (Wildman–Crippen MR) is 129 cm³/mol. The number of fused-ring (bicyclic) bond motifs is 1. The van der Waals surface area contributed by atoms with Gasteiger partial charge in [0.1, 0.15) is 6.61 Å². The van der Waals surface area contributed by atoms with E-state index in [0.29, 0.717) is 29.3 Å². The third-order valence-electron chi connectivity index (χ3n) is 6.19. The van der Waals surface area contributed by atoms with Crippen molar-refractivity contribution in [3.05, 3.63) is 59.4 Å². The molecule has 0 N–H and O–H groups in total. The molecule has 2 aromatic carbocycles. The Morgan fingerprint density at radius 3 is 2.61 bits per heavy atom. The minimum atomic E-state index is -0.0809. The third kappa shape index (κ3) is 5.57. The Morgan fingerprint density at radius 1 is 1.12 bits per heavy atom. The fourth-order valence-corrected chi connectivity index (χ4v) is 4.35. The lowest BCUT2D eigenvalue weighted by atomic mass is 9.99. The van der Waals surface area contributed by atoms with E-state index < -0.39 is 0 Å². The van der Waals surface area contributed by atoms with E-state index in [-0.39, 0.29) is 11.9 Å². The van der Waals surface area contributed by atoms with E-state index in [1.54, 1.807) is 13.2 Å². The second-order valence-corrected chi connectivity index (χ2v) is 8.63. The Bertz CT molecular complexity index is 1070. The van der Waals surface area contributed by atoms with Gasteiger partial charge in [-0.2, -0.15) is 0 Å². The van der Waals surface area contributed by atoms with Crippen LogP contribution in [0.15, 0.2) is 47.1 Å². The van der Waals surface area contributed by atoms with E-state index in [0.717, 1.165) is 56.6 Å². The number of ether oxygens (including phenoxy) is 3. The van der Waals surface area contributed by atoms with Crippen LogP contribution in [0.2, 0.25) is 0 Å². The molecule has 0 radical (unpaired) electrons. The van der Waals surface area contributed by atoms with Gasteiger partial charge in [-0.15, -0.1) is 0 Å². The number of Topliss-reactive ketones (excluding diaryl/α,β-unsaturated/α-hetero) is 1. The molecule has 176 valence electrons. The summed E-state index contributed by atoms with van der Waals surface area (Å²) in [5, 5.41) is 0.881. The highest BCUT2D eigenvalue weighted by Crippen LogP contribution is 2.43. The average Bonchev–Trinajstić information content (AvgIpc) is 3.32. The SMILES string of the molecule is CC(=O)c1c(OCCN2CCOCC2)c(OC(C)CCc2ccccc2)c2occc2c1C. The van der Waals surface area contributed by atoms with Crippen LogP contribution in [-0.4, -0.2) is 56.2 Å². The summed E-state index contributed by atoms with van der Waals surface area (Å²) < 4.78 is 23.9. The lowest BCUT2D eigenvalue weighted by Crippen LogP contribution is -2.38. The summed E-state index contributed by atoms with van der Waals surface area (Å²) in [6, 6.07) is 12.2. The van der Waals surface area contributed by atoms with Gasteiger partial charge in [-0.1, -0.05) is 30.3 Å². The number of morpholine rings is 1. The summed E-state index contributed by atoms with van der Waals surface area (Å²) in [5.74, 6) is 0.967. The summed E-state index contributed by atoms with van der Waals surface area (Å²) >= 11 is 0. The van der Waals surface area contributed by atoms with Crippen LogP contribution in [0.4, 0.5) is 0 Å². The number of hydrogen-bond acceptors (Lipinski definition) is 6. The predicted octanol–water partition coefficient (Wildman–Crippen LogP) is 5.05. The molecule has 0 amide bonds. The molecule has 1 saturated heterocycles. The number of aryl methyl sites for hydroxylation is 2. The maximum atomic E-state index is 12.7. The zero-order chi connectivity index (χ0) is 23.2. The summed E-state index contributed by atoms with van der Waals surface area (Å²) in [4.78, 5) is 15.0. The number of furan rings is 1. The van der Waals surface area contributed by atoms with Crippen LogP contribution in [0.3, 0.4) is 0 Å². The second kappa shape index (κ2) is 10.9. The quantitative estimate of drug-likeness (QED) is 0.402. The summed E-state index contributed by atoms with van der Waals surface area (Å²) in [6.07, 6.45) is 3.30. The molecule has 2 heterocycles.